The highest BCUT2D eigenvalue weighted by atomic mass is 16.5. The number of hydrogen-bond acceptors (Lipinski definition) is 3. The molecule has 0 fully saturated rings. The quantitative estimate of drug-likeness (QED) is 0.840. The largest absolute Gasteiger partial charge is 0.506 e. The number of rotatable bonds is 4. The van der Waals surface area contributed by atoms with E-state index in [1.54, 1.807) is 18.2 Å². The fraction of sp³-hybridized carbons (Fsp3) is 0.188. The molecule has 0 radical (unpaired) electrons. The third-order valence-electron chi connectivity index (χ3n) is 2.88. The van der Waals surface area contributed by atoms with E-state index in [1.807, 2.05) is 32.0 Å². The van der Waals surface area contributed by atoms with Gasteiger partial charge in [-0.1, -0.05) is 24.3 Å². The van der Waals surface area contributed by atoms with Gasteiger partial charge in [-0.05, 0) is 43.2 Å². The number of benzene rings is 2. The first-order chi connectivity index (χ1) is 9.56. The fourth-order valence-electron chi connectivity index (χ4n) is 1.77. The highest BCUT2D eigenvalue weighted by Gasteiger charge is 2.07. The molecule has 0 bridgehead atoms. The Morgan fingerprint density at radius 2 is 1.95 bits per heavy atom. The number of hydrogen-bond donors (Lipinski definition) is 2. The molecule has 4 nitrogen and oxygen atoms in total. The van der Waals surface area contributed by atoms with Crippen LogP contribution >= 0.6 is 0 Å². The minimum atomic E-state index is -0.313. The van der Waals surface area contributed by atoms with Gasteiger partial charge in [-0.25, -0.2) is 0 Å². The zero-order valence-electron chi connectivity index (χ0n) is 11.5. The summed E-state index contributed by atoms with van der Waals surface area (Å²) in [4.78, 5) is 11.8. The van der Waals surface area contributed by atoms with Gasteiger partial charge in [-0.3, -0.25) is 4.79 Å². The first kappa shape index (κ1) is 13.9. The molecule has 0 aliphatic heterocycles. The van der Waals surface area contributed by atoms with Gasteiger partial charge in [-0.15, -0.1) is 0 Å². The Morgan fingerprint density at radius 1 is 1.20 bits per heavy atom. The number of phenolic OH excluding ortho intramolecular Hbond substituents is 1. The van der Waals surface area contributed by atoms with E-state index < -0.39 is 0 Å². The number of amides is 1. The molecule has 2 aromatic carbocycles. The zero-order chi connectivity index (χ0) is 14.5. The van der Waals surface area contributed by atoms with Crippen molar-refractivity contribution in [3.05, 3.63) is 53.6 Å². The number of ether oxygens (including phenoxy) is 1. The van der Waals surface area contributed by atoms with Crippen LogP contribution in [0.3, 0.4) is 0 Å². The van der Waals surface area contributed by atoms with Gasteiger partial charge in [-0.2, -0.15) is 0 Å². The summed E-state index contributed by atoms with van der Waals surface area (Å²) in [6.45, 7) is 3.79. The lowest BCUT2D eigenvalue weighted by Crippen LogP contribution is -2.20. The summed E-state index contributed by atoms with van der Waals surface area (Å²) >= 11 is 0. The SMILES string of the molecule is Cc1ccc(C)c(OCC(=O)Nc2ccccc2O)c1. The molecule has 0 aliphatic rings. The second kappa shape index (κ2) is 6.10. The summed E-state index contributed by atoms with van der Waals surface area (Å²) in [5.41, 5.74) is 2.43. The number of anilines is 1. The second-order valence-corrected chi connectivity index (χ2v) is 4.62. The van der Waals surface area contributed by atoms with Crippen molar-refractivity contribution >= 4 is 11.6 Å². The van der Waals surface area contributed by atoms with Crippen LogP contribution in [-0.2, 0) is 4.79 Å². The average Bonchev–Trinajstić information content (AvgIpc) is 2.42. The fourth-order valence-corrected chi connectivity index (χ4v) is 1.77. The van der Waals surface area contributed by atoms with E-state index in [4.69, 9.17) is 4.74 Å². The van der Waals surface area contributed by atoms with Crippen molar-refractivity contribution in [3.8, 4) is 11.5 Å². The molecule has 0 saturated carbocycles. The topological polar surface area (TPSA) is 58.6 Å². The lowest BCUT2D eigenvalue weighted by atomic mass is 10.1. The highest BCUT2D eigenvalue weighted by Crippen LogP contribution is 2.22. The third-order valence-corrected chi connectivity index (χ3v) is 2.88. The molecule has 0 atom stereocenters. The van der Waals surface area contributed by atoms with Gasteiger partial charge >= 0.3 is 0 Å². The maximum absolute atomic E-state index is 11.8. The highest BCUT2D eigenvalue weighted by molar-refractivity contribution is 5.93. The molecule has 0 saturated heterocycles. The molecule has 0 heterocycles. The van der Waals surface area contributed by atoms with Crippen LogP contribution in [0.1, 0.15) is 11.1 Å². The van der Waals surface area contributed by atoms with Gasteiger partial charge in [0.2, 0.25) is 0 Å². The maximum atomic E-state index is 11.8. The Balaban J connectivity index is 1.96. The minimum Gasteiger partial charge on any atom is -0.506 e. The van der Waals surface area contributed by atoms with Gasteiger partial charge in [0.15, 0.2) is 6.61 Å². The molecule has 2 N–H and O–H groups in total. The number of nitrogens with one attached hydrogen (secondary N) is 1. The lowest BCUT2D eigenvalue weighted by molar-refractivity contribution is -0.118. The molecule has 0 aromatic heterocycles. The van der Waals surface area contributed by atoms with Crippen LogP contribution in [0.2, 0.25) is 0 Å². The van der Waals surface area contributed by atoms with Crippen molar-refractivity contribution < 1.29 is 14.6 Å². The molecule has 1 amide bonds. The number of phenols is 1. The second-order valence-electron chi connectivity index (χ2n) is 4.62. The molecule has 4 heteroatoms. The van der Waals surface area contributed by atoms with Crippen molar-refractivity contribution in [1.82, 2.24) is 0 Å². The van der Waals surface area contributed by atoms with Gasteiger partial charge in [0.05, 0.1) is 5.69 Å². The molecular formula is C16H17NO3. The van der Waals surface area contributed by atoms with Crippen LogP contribution < -0.4 is 10.1 Å². The van der Waals surface area contributed by atoms with E-state index in [-0.39, 0.29) is 18.3 Å². The average molecular weight is 271 g/mol. The summed E-state index contributed by atoms with van der Waals surface area (Å²) in [6.07, 6.45) is 0. The van der Waals surface area contributed by atoms with E-state index in [2.05, 4.69) is 5.32 Å². The standard InChI is InChI=1S/C16H17NO3/c1-11-7-8-12(2)15(9-11)20-10-16(19)17-13-5-3-4-6-14(13)18/h3-9,18H,10H2,1-2H3,(H,17,19). The van der Waals surface area contributed by atoms with Crippen LogP contribution in [0.4, 0.5) is 5.69 Å². The molecule has 0 spiro atoms. The molecule has 2 aromatic rings. The lowest BCUT2D eigenvalue weighted by Gasteiger charge is -2.11. The predicted molar refractivity (Wildman–Crippen MR) is 78.1 cm³/mol. The van der Waals surface area contributed by atoms with Gasteiger partial charge < -0.3 is 15.2 Å². The number of aromatic hydroxyl groups is 1. The van der Waals surface area contributed by atoms with E-state index in [0.29, 0.717) is 11.4 Å². The van der Waals surface area contributed by atoms with Crippen LogP contribution in [0, 0.1) is 13.8 Å². The van der Waals surface area contributed by atoms with E-state index in [1.165, 1.54) is 6.07 Å². The van der Waals surface area contributed by atoms with Crippen molar-refractivity contribution in [2.75, 3.05) is 11.9 Å². The molecular weight excluding hydrogens is 254 g/mol. The number of carbonyl (C=O) groups excluding carboxylic acids is 1. The molecule has 20 heavy (non-hydrogen) atoms. The van der Waals surface area contributed by atoms with Gasteiger partial charge in [0.25, 0.3) is 5.91 Å². The van der Waals surface area contributed by atoms with Crippen molar-refractivity contribution in [2.24, 2.45) is 0 Å². The van der Waals surface area contributed by atoms with Crippen LogP contribution in [0.25, 0.3) is 0 Å². The normalized spacial score (nSPS) is 10.1. The van der Waals surface area contributed by atoms with E-state index in [0.717, 1.165) is 11.1 Å². The first-order valence-corrected chi connectivity index (χ1v) is 6.34. The summed E-state index contributed by atoms with van der Waals surface area (Å²) < 4.78 is 5.50. The Bertz CT molecular complexity index is 623. The maximum Gasteiger partial charge on any atom is 0.262 e. The van der Waals surface area contributed by atoms with Gasteiger partial charge in [0, 0.05) is 0 Å². The van der Waals surface area contributed by atoms with Crippen LogP contribution in [0.5, 0.6) is 11.5 Å². The first-order valence-electron chi connectivity index (χ1n) is 6.34. The summed E-state index contributed by atoms with van der Waals surface area (Å²) in [7, 11) is 0. The Hall–Kier alpha value is -2.49. The summed E-state index contributed by atoms with van der Waals surface area (Å²) in [5, 5.41) is 12.2. The molecule has 2 rings (SSSR count). The predicted octanol–water partition coefficient (Wildman–Crippen LogP) is 3.03. The number of carbonyl (C=O) groups is 1. The Morgan fingerprint density at radius 3 is 2.70 bits per heavy atom. The molecule has 0 aliphatic carbocycles. The van der Waals surface area contributed by atoms with Crippen LogP contribution in [-0.4, -0.2) is 17.6 Å². The van der Waals surface area contributed by atoms with E-state index in [9.17, 15) is 9.90 Å². The zero-order valence-corrected chi connectivity index (χ0v) is 11.5. The smallest absolute Gasteiger partial charge is 0.262 e. The summed E-state index contributed by atoms with van der Waals surface area (Å²) in [5.74, 6) is 0.414. The van der Waals surface area contributed by atoms with Crippen molar-refractivity contribution in [3.63, 3.8) is 0 Å². The summed E-state index contributed by atoms with van der Waals surface area (Å²) in [6, 6.07) is 12.4. The van der Waals surface area contributed by atoms with Gasteiger partial charge in [0.1, 0.15) is 11.5 Å². The Kier molecular flexibility index (Phi) is 4.25. The van der Waals surface area contributed by atoms with Crippen molar-refractivity contribution in [1.29, 1.82) is 0 Å². The number of aryl methyl sites for hydroxylation is 2. The monoisotopic (exact) mass is 271 g/mol. The molecule has 104 valence electrons. The Labute approximate surface area is 118 Å². The van der Waals surface area contributed by atoms with Crippen LogP contribution in [0.15, 0.2) is 42.5 Å². The molecule has 0 unspecified atom stereocenters. The minimum absolute atomic E-state index is 0.0348. The third kappa shape index (κ3) is 3.51. The van der Waals surface area contributed by atoms with Crippen molar-refractivity contribution in [2.45, 2.75) is 13.8 Å². The van der Waals surface area contributed by atoms with E-state index >= 15 is 0 Å². The number of para-hydroxylation sites is 2.